The zero-order valence-corrected chi connectivity index (χ0v) is 13.9. The zero-order valence-electron chi connectivity index (χ0n) is 12.3. The number of aromatic nitrogens is 1. The topological polar surface area (TPSA) is 45.5 Å². The lowest BCUT2D eigenvalue weighted by atomic mass is 10.1. The van der Waals surface area contributed by atoms with Crippen molar-refractivity contribution in [3.05, 3.63) is 22.4 Å². The van der Waals surface area contributed by atoms with Gasteiger partial charge in [0.05, 0.1) is 6.10 Å². The minimum Gasteiger partial charge on any atom is -0.393 e. The Morgan fingerprint density at radius 3 is 2.80 bits per heavy atom. The number of aliphatic hydroxyl groups excluding tert-OH is 1. The molecular formula is C15H23BrN2O2. The van der Waals surface area contributed by atoms with Crippen molar-refractivity contribution >= 4 is 21.8 Å². The summed E-state index contributed by atoms with van der Waals surface area (Å²) >= 11 is 3.45. The van der Waals surface area contributed by atoms with Crippen LogP contribution in [0.4, 0.5) is 0 Å². The molecule has 1 aliphatic heterocycles. The van der Waals surface area contributed by atoms with Crippen LogP contribution in [0.5, 0.6) is 0 Å². The summed E-state index contributed by atoms with van der Waals surface area (Å²) in [4.78, 5) is 14.7. The van der Waals surface area contributed by atoms with Gasteiger partial charge in [0.15, 0.2) is 0 Å². The van der Waals surface area contributed by atoms with Crippen LogP contribution >= 0.6 is 15.9 Å². The molecule has 4 nitrogen and oxygen atoms in total. The van der Waals surface area contributed by atoms with Gasteiger partial charge < -0.3 is 14.6 Å². The highest BCUT2D eigenvalue weighted by Gasteiger charge is 2.31. The largest absolute Gasteiger partial charge is 0.393 e. The van der Waals surface area contributed by atoms with Crippen molar-refractivity contribution < 1.29 is 9.90 Å². The van der Waals surface area contributed by atoms with Gasteiger partial charge in [-0.2, -0.15) is 0 Å². The van der Waals surface area contributed by atoms with Gasteiger partial charge in [-0.25, -0.2) is 0 Å². The summed E-state index contributed by atoms with van der Waals surface area (Å²) in [5.41, 5.74) is 0.726. The summed E-state index contributed by atoms with van der Waals surface area (Å²) in [6.07, 6.45) is 4.26. The lowest BCUT2D eigenvalue weighted by Gasteiger charge is -2.26. The van der Waals surface area contributed by atoms with Crippen molar-refractivity contribution in [2.24, 2.45) is 0 Å². The monoisotopic (exact) mass is 342 g/mol. The molecule has 1 saturated heterocycles. The Morgan fingerprint density at radius 2 is 2.20 bits per heavy atom. The van der Waals surface area contributed by atoms with Crippen molar-refractivity contribution in [1.82, 2.24) is 9.47 Å². The van der Waals surface area contributed by atoms with Crippen LogP contribution in [0.3, 0.4) is 0 Å². The van der Waals surface area contributed by atoms with Crippen LogP contribution in [0.2, 0.25) is 0 Å². The van der Waals surface area contributed by atoms with E-state index in [4.69, 9.17) is 0 Å². The lowest BCUT2D eigenvalue weighted by molar-refractivity contribution is 0.0670. The number of aliphatic hydroxyl groups is 1. The van der Waals surface area contributed by atoms with E-state index in [2.05, 4.69) is 29.8 Å². The van der Waals surface area contributed by atoms with Gasteiger partial charge in [0.25, 0.3) is 5.91 Å². The van der Waals surface area contributed by atoms with E-state index in [1.165, 1.54) is 0 Å². The molecule has 0 aromatic carbocycles. The second-order valence-corrected chi connectivity index (χ2v) is 6.84. The van der Waals surface area contributed by atoms with E-state index < -0.39 is 0 Å². The average molecular weight is 343 g/mol. The number of amides is 1. The summed E-state index contributed by atoms with van der Waals surface area (Å²) < 4.78 is 2.94. The van der Waals surface area contributed by atoms with Gasteiger partial charge in [0, 0.05) is 29.3 Å². The van der Waals surface area contributed by atoms with Crippen LogP contribution in [-0.2, 0) is 0 Å². The molecule has 1 amide bonds. The summed E-state index contributed by atoms with van der Waals surface area (Å²) in [7, 11) is 0. The molecule has 0 saturated carbocycles. The molecule has 2 heterocycles. The fraction of sp³-hybridized carbons (Fsp3) is 0.667. The Hall–Kier alpha value is -0.810. The van der Waals surface area contributed by atoms with Crippen LogP contribution in [0.25, 0.3) is 0 Å². The molecule has 20 heavy (non-hydrogen) atoms. The zero-order chi connectivity index (χ0) is 14.9. The normalized spacial score (nSPS) is 20.7. The van der Waals surface area contributed by atoms with E-state index in [1.807, 2.05) is 21.7 Å². The SMILES string of the molecule is CC(O)CC1CCCN1C(=O)c1cc(Br)cn1C(C)C. The number of nitrogens with zero attached hydrogens (tertiary/aromatic N) is 2. The van der Waals surface area contributed by atoms with E-state index in [1.54, 1.807) is 6.92 Å². The van der Waals surface area contributed by atoms with Gasteiger partial charge in [-0.15, -0.1) is 0 Å². The lowest BCUT2D eigenvalue weighted by Crippen LogP contribution is -2.38. The van der Waals surface area contributed by atoms with Crippen LogP contribution < -0.4 is 0 Å². The summed E-state index contributed by atoms with van der Waals surface area (Å²) in [6, 6.07) is 2.30. The van der Waals surface area contributed by atoms with E-state index in [9.17, 15) is 9.90 Å². The fourth-order valence-electron chi connectivity index (χ4n) is 2.93. The molecule has 1 aliphatic rings. The van der Waals surface area contributed by atoms with E-state index in [0.29, 0.717) is 6.42 Å². The fourth-order valence-corrected chi connectivity index (χ4v) is 3.37. The Kier molecular flexibility index (Phi) is 4.91. The van der Waals surface area contributed by atoms with Gasteiger partial charge >= 0.3 is 0 Å². The number of halogens is 1. The van der Waals surface area contributed by atoms with Crippen molar-refractivity contribution in [2.75, 3.05) is 6.54 Å². The minimum atomic E-state index is -0.364. The molecule has 0 aliphatic carbocycles. The summed E-state index contributed by atoms with van der Waals surface area (Å²) in [6.45, 7) is 6.71. The van der Waals surface area contributed by atoms with Crippen LogP contribution in [0, 0.1) is 0 Å². The molecule has 0 bridgehead atoms. The van der Waals surface area contributed by atoms with Crippen LogP contribution in [-0.4, -0.2) is 39.2 Å². The third kappa shape index (κ3) is 3.26. The van der Waals surface area contributed by atoms with E-state index in [-0.39, 0.29) is 24.1 Å². The molecular weight excluding hydrogens is 320 g/mol. The van der Waals surface area contributed by atoms with Crippen LogP contribution in [0.15, 0.2) is 16.7 Å². The standard InChI is InChI=1S/C15H23BrN2O2/c1-10(2)18-9-12(16)8-14(18)15(20)17-6-4-5-13(17)7-11(3)19/h8-11,13,19H,4-7H2,1-3H3. The molecule has 1 N–H and O–H groups in total. The maximum Gasteiger partial charge on any atom is 0.270 e. The summed E-state index contributed by atoms with van der Waals surface area (Å²) in [5.74, 6) is 0.0764. The quantitative estimate of drug-likeness (QED) is 0.913. The highest BCUT2D eigenvalue weighted by molar-refractivity contribution is 9.10. The first-order valence-corrected chi connectivity index (χ1v) is 8.06. The number of hydrogen-bond donors (Lipinski definition) is 1. The molecule has 2 unspecified atom stereocenters. The average Bonchev–Trinajstić information content (AvgIpc) is 2.94. The first-order valence-electron chi connectivity index (χ1n) is 7.26. The molecule has 112 valence electrons. The Labute approximate surface area is 128 Å². The number of carbonyl (C=O) groups excluding carboxylic acids is 1. The predicted molar refractivity (Wildman–Crippen MR) is 82.9 cm³/mol. The highest BCUT2D eigenvalue weighted by atomic mass is 79.9. The van der Waals surface area contributed by atoms with Crippen molar-refractivity contribution in [3.8, 4) is 0 Å². The van der Waals surface area contributed by atoms with Crippen LogP contribution in [0.1, 0.15) is 56.6 Å². The van der Waals surface area contributed by atoms with Crippen molar-refractivity contribution in [2.45, 2.75) is 58.2 Å². The molecule has 2 atom stereocenters. The number of carbonyl (C=O) groups is 1. The Balaban J connectivity index is 2.22. The molecule has 5 heteroatoms. The molecule has 0 spiro atoms. The third-order valence-corrected chi connectivity index (χ3v) is 4.28. The number of hydrogen-bond acceptors (Lipinski definition) is 2. The highest BCUT2D eigenvalue weighted by Crippen LogP contribution is 2.26. The predicted octanol–water partition coefficient (Wildman–Crippen LogP) is 3.21. The second-order valence-electron chi connectivity index (χ2n) is 5.92. The smallest absolute Gasteiger partial charge is 0.270 e. The second kappa shape index (κ2) is 6.31. The number of rotatable bonds is 4. The molecule has 2 rings (SSSR count). The Morgan fingerprint density at radius 1 is 1.50 bits per heavy atom. The molecule has 1 aromatic rings. The van der Waals surface area contributed by atoms with Gasteiger partial charge in [0.1, 0.15) is 5.69 Å². The van der Waals surface area contributed by atoms with Crippen molar-refractivity contribution in [3.63, 3.8) is 0 Å². The van der Waals surface area contributed by atoms with Gasteiger partial charge in [-0.3, -0.25) is 4.79 Å². The van der Waals surface area contributed by atoms with Crippen molar-refractivity contribution in [1.29, 1.82) is 0 Å². The number of likely N-dealkylation sites (tertiary alicyclic amines) is 1. The third-order valence-electron chi connectivity index (χ3n) is 3.84. The maximum absolute atomic E-state index is 12.8. The first kappa shape index (κ1) is 15.6. The first-order chi connectivity index (χ1) is 9.40. The minimum absolute atomic E-state index is 0.0764. The van der Waals surface area contributed by atoms with Gasteiger partial charge in [0.2, 0.25) is 0 Å². The molecule has 1 aromatic heterocycles. The molecule has 1 fully saturated rings. The van der Waals surface area contributed by atoms with Gasteiger partial charge in [-0.1, -0.05) is 0 Å². The van der Waals surface area contributed by atoms with E-state index >= 15 is 0 Å². The molecule has 0 radical (unpaired) electrons. The van der Waals surface area contributed by atoms with Gasteiger partial charge in [-0.05, 0) is 62.0 Å². The summed E-state index contributed by atoms with van der Waals surface area (Å²) in [5, 5.41) is 9.58. The maximum atomic E-state index is 12.8. The van der Waals surface area contributed by atoms with E-state index in [0.717, 1.165) is 29.6 Å². The Bertz CT molecular complexity index is 482.